The highest BCUT2D eigenvalue weighted by Crippen LogP contribution is 2.42. The smallest absolute Gasteiger partial charge is 0.311 e. The number of amides is 2. The quantitative estimate of drug-likeness (QED) is 0.445. The summed E-state index contributed by atoms with van der Waals surface area (Å²) in [5.74, 6) is 0. The van der Waals surface area contributed by atoms with Crippen LogP contribution in [0, 0.1) is 22.7 Å². The van der Waals surface area contributed by atoms with Gasteiger partial charge in [-0.2, -0.15) is 23.7 Å². The van der Waals surface area contributed by atoms with Crippen molar-refractivity contribution in [2.75, 3.05) is 37.3 Å². The van der Waals surface area contributed by atoms with E-state index in [2.05, 4.69) is 6.07 Å². The standard InChI is InChI=1S/C27H28F3N5O3S/c1-5-33(6-2)12-13-34-25(22-11-10-19(16-31)14-24(22)39(4,37)38)23(17-32)18(3)35(26(34)36)21-9-7-8-20(15-21)27(28,29)30/h7-11,14-15,25H,5-6,12-13H2,1-4H3/t25-/m1/s1. The predicted octanol–water partition coefficient (Wildman–Crippen LogP) is 5.10. The van der Waals surface area contributed by atoms with Crippen molar-refractivity contribution >= 4 is 21.6 Å². The number of carbonyl (C=O) groups excluding carboxylic acids is 1. The molecule has 0 unspecified atom stereocenters. The van der Waals surface area contributed by atoms with Crippen LogP contribution >= 0.6 is 0 Å². The number of sulfone groups is 1. The van der Waals surface area contributed by atoms with E-state index in [1.165, 1.54) is 42.2 Å². The Morgan fingerprint density at radius 3 is 2.26 bits per heavy atom. The molecule has 2 amide bonds. The molecule has 0 bridgehead atoms. The fourth-order valence-electron chi connectivity index (χ4n) is 4.61. The Balaban J connectivity index is 2.31. The van der Waals surface area contributed by atoms with Crippen molar-refractivity contribution in [2.45, 2.75) is 37.9 Å². The second-order valence-corrected chi connectivity index (χ2v) is 11.0. The number of allylic oxidation sites excluding steroid dienone is 1. The summed E-state index contributed by atoms with van der Waals surface area (Å²) in [6, 6.07) is 10.4. The molecule has 0 spiro atoms. The largest absolute Gasteiger partial charge is 0.416 e. The maximum absolute atomic E-state index is 14.0. The summed E-state index contributed by atoms with van der Waals surface area (Å²) in [6.45, 7) is 7.05. The zero-order valence-electron chi connectivity index (χ0n) is 22.0. The Labute approximate surface area is 226 Å². The van der Waals surface area contributed by atoms with Gasteiger partial charge in [0.2, 0.25) is 0 Å². The first-order valence-electron chi connectivity index (χ1n) is 12.1. The molecule has 0 N–H and O–H groups in total. The van der Waals surface area contributed by atoms with Crippen LogP contribution in [0.1, 0.15) is 43.5 Å². The van der Waals surface area contributed by atoms with Crippen LogP contribution in [0.15, 0.2) is 58.6 Å². The molecule has 1 aliphatic heterocycles. The van der Waals surface area contributed by atoms with Gasteiger partial charge < -0.3 is 9.80 Å². The highest BCUT2D eigenvalue weighted by atomic mass is 32.2. The minimum atomic E-state index is -4.65. The number of urea groups is 1. The van der Waals surface area contributed by atoms with Crippen LogP contribution in [-0.2, 0) is 16.0 Å². The highest BCUT2D eigenvalue weighted by Gasteiger charge is 2.42. The van der Waals surface area contributed by atoms with E-state index < -0.39 is 33.6 Å². The van der Waals surface area contributed by atoms with Gasteiger partial charge in [0.1, 0.15) is 0 Å². The van der Waals surface area contributed by atoms with Crippen molar-refractivity contribution in [3.8, 4) is 12.1 Å². The normalized spacial score (nSPS) is 16.5. The molecule has 1 atom stereocenters. The number of likely N-dealkylation sites (N-methyl/N-ethyl adjacent to an activating group) is 1. The zero-order valence-corrected chi connectivity index (χ0v) is 22.8. The van der Waals surface area contributed by atoms with E-state index in [0.717, 1.165) is 23.3 Å². The van der Waals surface area contributed by atoms with Gasteiger partial charge in [-0.3, -0.25) is 4.90 Å². The summed E-state index contributed by atoms with van der Waals surface area (Å²) < 4.78 is 66.0. The highest BCUT2D eigenvalue weighted by molar-refractivity contribution is 7.90. The average molecular weight is 560 g/mol. The van der Waals surface area contributed by atoms with E-state index in [0.29, 0.717) is 19.6 Å². The summed E-state index contributed by atoms with van der Waals surface area (Å²) in [7, 11) is -3.90. The van der Waals surface area contributed by atoms with E-state index in [4.69, 9.17) is 0 Å². The summed E-state index contributed by atoms with van der Waals surface area (Å²) in [6.07, 6.45) is -3.68. The number of hydrogen-bond donors (Lipinski definition) is 0. The molecule has 2 aromatic rings. The van der Waals surface area contributed by atoms with E-state index in [1.54, 1.807) is 0 Å². The monoisotopic (exact) mass is 559 g/mol. The van der Waals surface area contributed by atoms with Crippen LogP contribution in [0.25, 0.3) is 0 Å². The maximum atomic E-state index is 14.0. The Kier molecular flexibility index (Phi) is 8.74. The van der Waals surface area contributed by atoms with Crippen molar-refractivity contribution in [1.29, 1.82) is 10.5 Å². The fourth-order valence-corrected chi connectivity index (χ4v) is 5.56. The molecule has 39 heavy (non-hydrogen) atoms. The van der Waals surface area contributed by atoms with Crippen molar-refractivity contribution in [3.63, 3.8) is 0 Å². The lowest BCUT2D eigenvalue weighted by molar-refractivity contribution is -0.137. The number of nitriles is 2. The predicted molar refractivity (Wildman–Crippen MR) is 139 cm³/mol. The van der Waals surface area contributed by atoms with Crippen molar-refractivity contribution < 1.29 is 26.4 Å². The topological polar surface area (TPSA) is 109 Å². The number of anilines is 1. The molecular weight excluding hydrogens is 531 g/mol. The molecule has 0 aromatic heterocycles. The third kappa shape index (κ3) is 6.08. The van der Waals surface area contributed by atoms with Gasteiger partial charge in [-0.15, -0.1) is 0 Å². The van der Waals surface area contributed by atoms with Gasteiger partial charge in [-0.25, -0.2) is 13.2 Å². The van der Waals surface area contributed by atoms with Gasteiger partial charge in [0.05, 0.1) is 45.5 Å². The van der Waals surface area contributed by atoms with E-state index in [1.807, 2.05) is 24.8 Å². The first-order chi connectivity index (χ1) is 18.3. The van der Waals surface area contributed by atoms with Crippen LogP contribution < -0.4 is 4.90 Å². The molecule has 0 fully saturated rings. The van der Waals surface area contributed by atoms with E-state index in [9.17, 15) is 36.9 Å². The summed E-state index contributed by atoms with van der Waals surface area (Å²) in [5.41, 5.74) is -0.738. The number of alkyl halides is 3. The first kappa shape index (κ1) is 29.7. The second kappa shape index (κ2) is 11.5. The molecule has 2 aromatic carbocycles. The number of nitrogens with zero attached hydrogens (tertiary/aromatic N) is 5. The number of carbonyl (C=O) groups is 1. The lowest BCUT2D eigenvalue weighted by Crippen LogP contribution is -2.51. The lowest BCUT2D eigenvalue weighted by atomic mass is 9.92. The summed E-state index contributed by atoms with van der Waals surface area (Å²) in [4.78, 5) is 18.2. The summed E-state index contributed by atoms with van der Waals surface area (Å²) >= 11 is 0. The maximum Gasteiger partial charge on any atom is 0.416 e. The second-order valence-electron chi connectivity index (χ2n) is 9.04. The third-order valence-corrected chi connectivity index (χ3v) is 7.84. The Hall–Kier alpha value is -3.87. The number of halogens is 3. The molecule has 0 radical (unpaired) electrons. The van der Waals surface area contributed by atoms with Gasteiger partial charge in [0.15, 0.2) is 9.84 Å². The molecular formula is C27H28F3N5O3S. The molecule has 0 saturated carbocycles. The molecule has 3 rings (SSSR count). The van der Waals surface area contributed by atoms with Gasteiger partial charge in [-0.1, -0.05) is 26.0 Å². The minimum Gasteiger partial charge on any atom is -0.311 e. The van der Waals surface area contributed by atoms with Crippen LogP contribution in [0.2, 0.25) is 0 Å². The van der Waals surface area contributed by atoms with Gasteiger partial charge in [0.25, 0.3) is 0 Å². The van der Waals surface area contributed by atoms with Gasteiger partial charge in [0, 0.05) is 25.0 Å². The summed E-state index contributed by atoms with van der Waals surface area (Å²) in [5, 5.41) is 19.6. The molecule has 1 aliphatic rings. The Bertz CT molecular complexity index is 1490. The number of rotatable bonds is 8. The van der Waals surface area contributed by atoms with Crippen LogP contribution in [0.3, 0.4) is 0 Å². The fraction of sp³-hybridized carbons (Fsp3) is 0.370. The SMILES string of the molecule is CCN(CC)CCN1C(=O)N(c2cccc(C(F)(F)F)c2)C(C)=C(C#N)[C@H]1c1ccc(C#N)cc1S(C)(=O)=O. The Morgan fingerprint density at radius 2 is 1.72 bits per heavy atom. The van der Waals surface area contributed by atoms with E-state index in [-0.39, 0.29) is 39.5 Å². The van der Waals surface area contributed by atoms with Gasteiger partial charge >= 0.3 is 12.2 Å². The minimum absolute atomic E-state index is 0.00108. The Morgan fingerprint density at radius 1 is 1.05 bits per heavy atom. The lowest BCUT2D eigenvalue weighted by Gasteiger charge is -2.43. The molecule has 8 nitrogen and oxygen atoms in total. The van der Waals surface area contributed by atoms with Crippen molar-refractivity contribution in [1.82, 2.24) is 9.80 Å². The van der Waals surface area contributed by atoms with Crippen molar-refractivity contribution in [3.05, 3.63) is 70.4 Å². The number of hydrogen-bond acceptors (Lipinski definition) is 6. The van der Waals surface area contributed by atoms with Crippen LogP contribution in [-0.4, -0.2) is 56.7 Å². The van der Waals surface area contributed by atoms with E-state index >= 15 is 0 Å². The molecule has 12 heteroatoms. The van der Waals surface area contributed by atoms with Gasteiger partial charge in [-0.05, 0) is 55.9 Å². The number of benzene rings is 2. The molecule has 206 valence electrons. The zero-order chi connectivity index (χ0) is 29.1. The molecule has 0 aliphatic carbocycles. The van der Waals surface area contributed by atoms with Crippen molar-refractivity contribution in [2.24, 2.45) is 0 Å². The third-order valence-electron chi connectivity index (χ3n) is 6.69. The average Bonchev–Trinajstić information content (AvgIpc) is 2.89. The van der Waals surface area contributed by atoms with Crippen LogP contribution in [0.5, 0.6) is 0 Å². The molecule has 0 saturated heterocycles. The molecule has 1 heterocycles. The van der Waals surface area contributed by atoms with Crippen LogP contribution in [0.4, 0.5) is 23.7 Å². The first-order valence-corrected chi connectivity index (χ1v) is 14.0.